The number of nitrogens with one attached hydrogen (secondary N) is 3. The normalized spacial score (nSPS) is 17.6. The first-order valence-corrected chi connectivity index (χ1v) is 9.61. The standard InChI is InChI=1S/C20H25N5O2/c26-19(22-16-5-6-16)13-14-1-3-17(4-2-14)23-20(27)25-11-8-15(9-12-25)18-7-10-21-24-18/h1-4,7,10,15-16H,5-6,8-9,11-13H2,(H,21,24)(H,22,26)(H,23,27). The van der Waals surface area contributed by atoms with Crippen molar-refractivity contribution in [3.8, 4) is 0 Å². The number of aromatic nitrogens is 2. The van der Waals surface area contributed by atoms with Crippen molar-refractivity contribution in [1.82, 2.24) is 20.4 Å². The van der Waals surface area contributed by atoms with E-state index in [1.807, 2.05) is 35.2 Å². The van der Waals surface area contributed by atoms with E-state index >= 15 is 0 Å². The number of carbonyl (C=O) groups excluding carboxylic acids is 2. The number of piperidine rings is 1. The zero-order chi connectivity index (χ0) is 18.6. The second kappa shape index (κ2) is 7.82. The first-order chi connectivity index (χ1) is 13.2. The summed E-state index contributed by atoms with van der Waals surface area (Å²) in [6, 6.07) is 9.82. The lowest BCUT2D eigenvalue weighted by molar-refractivity contribution is -0.120. The molecule has 3 amide bonds. The Morgan fingerprint density at radius 1 is 1.07 bits per heavy atom. The van der Waals surface area contributed by atoms with Gasteiger partial charge in [0.2, 0.25) is 5.91 Å². The lowest BCUT2D eigenvalue weighted by Gasteiger charge is -2.31. The first kappa shape index (κ1) is 17.6. The van der Waals surface area contributed by atoms with Gasteiger partial charge >= 0.3 is 6.03 Å². The molecule has 0 atom stereocenters. The summed E-state index contributed by atoms with van der Waals surface area (Å²) in [5.41, 5.74) is 2.85. The number of nitrogens with zero attached hydrogens (tertiary/aromatic N) is 2. The molecule has 0 bridgehead atoms. The van der Waals surface area contributed by atoms with Crippen LogP contribution in [0.4, 0.5) is 10.5 Å². The molecule has 7 heteroatoms. The van der Waals surface area contributed by atoms with Gasteiger partial charge in [-0.1, -0.05) is 12.1 Å². The highest BCUT2D eigenvalue weighted by atomic mass is 16.2. The van der Waals surface area contributed by atoms with Gasteiger partial charge in [0.1, 0.15) is 0 Å². The van der Waals surface area contributed by atoms with Crippen molar-refractivity contribution in [3.63, 3.8) is 0 Å². The molecule has 1 aliphatic heterocycles. The second-order valence-electron chi connectivity index (χ2n) is 7.42. The molecule has 0 radical (unpaired) electrons. The Kier molecular flexibility index (Phi) is 5.09. The molecule has 1 aromatic heterocycles. The molecule has 0 spiro atoms. The number of urea groups is 1. The van der Waals surface area contributed by atoms with Crippen LogP contribution in [0.15, 0.2) is 36.5 Å². The molecule has 2 fully saturated rings. The predicted molar refractivity (Wildman–Crippen MR) is 102 cm³/mol. The molecule has 1 aromatic carbocycles. The fourth-order valence-electron chi connectivity index (χ4n) is 3.49. The minimum absolute atomic E-state index is 0.0643. The largest absolute Gasteiger partial charge is 0.353 e. The quantitative estimate of drug-likeness (QED) is 0.759. The number of carbonyl (C=O) groups is 2. The Balaban J connectivity index is 1.25. The van der Waals surface area contributed by atoms with Gasteiger partial charge in [0.25, 0.3) is 0 Å². The van der Waals surface area contributed by atoms with Crippen molar-refractivity contribution in [2.45, 2.75) is 44.1 Å². The number of hydrogen-bond donors (Lipinski definition) is 3. The van der Waals surface area contributed by atoms with E-state index in [1.165, 1.54) is 0 Å². The summed E-state index contributed by atoms with van der Waals surface area (Å²) in [6.45, 7) is 1.46. The highest BCUT2D eigenvalue weighted by molar-refractivity contribution is 5.89. The molecule has 1 saturated carbocycles. The summed E-state index contributed by atoms with van der Waals surface area (Å²) in [6.07, 6.45) is 6.21. The zero-order valence-corrected chi connectivity index (χ0v) is 15.3. The smallest absolute Gasteiger partial charge is 0.321 e. The minimum atomic E-state index is -0.0720. The Hall–Kier alpha value is -2.83. The van der Waals surface area contributed by atoms with Gasteiger partial charge < -0.3 is 15.5 Å². The lowest BCUT2D eigenvalue weighted by atomic mass is 9.94. The van der Waals surface area contributed by atoms with Gasteiger partial charge in [0.15, 0.2) is 0 Å². The maximum Gasteiger partial charge on any atom is 0.321 e. The summed E-state index contributed by atoms with van der Waals surface area (Å²) < 4.78 is 0. The van der Waals surface area contributed by atoms with Crippen LogP contribution in [0.3, 0.4) is 0 Å². The second-order valence-corrected chi connectivity index (χ2v) is 7.42. The summed E-state index contributed by atoms with van der Waals surface area (Å²) >= 11 is 0. The Labute approximate surface area is 158 Å². The number of likely N-dealkylation sites (tertiary alicyclic amines) is 1. The average Bonchev–Trinajstić information content (AvgIpc) is 3.32. The summed E-state index contributed by atoms with van der Waals surface area (Å²) in [5.74, 6) is 0.507. The van der Waals surface area contributed by atoms with Crippen LogP contribution in [0, 0.1) is 0 Å². The van der Waals surface area contributed by atoms with Crippen LogP contribution in [0.25, 0.3) is 0 Å². The van der Waals surface area contributed by atoms with Crippen LogP contribution in [0.1, 0.15) is 42.9 Å². The monoisotopic (exact) mass is 367 g/mol. The third kappa shape index (κ3) is 4.67. The van der Waals surface area contributed by atoms with Crippen molar-refractivity contribution < 1.29 is 9.59 Å². The number of H-pyrrole nitrogens is 1. The van der Waals surface area contributed by atoms with E-state index in [0.717, 1.165) is 55.7 Å². The summed E-state index contributed by atoms with van der Waals surface area (Å²) in [4.78, 5) is 26.2. The highest BCUT2D eigenvalue weighted by Crippen LogP contribution is 2.26. The summed E-state index contributed by atoms with van der Waals surface area (Å²) in [5, 5.41) is 13.0. The number of benzene rings is 1. The van der Waals surface area contributed by atoms with Crippen LogP contribution in [0.2, 0.25) is 0 Å². The number of aromatic amines is 1. The molecule has 2 heterocycles. The molecule has 0 unspecified atom stereocenters. The molecule has 1 aliphatic carbocycles. The highest BCUT2D eigenvalue weighted by Gasteiger charge is 2.25. The number of amides is 3. The van der Waals surface area contributed by atoms with Crippen molar-refractivity contribution in [2.24, 2.45) is 0 Å². The topological polar surface area (TPSA) is 90.1 Å². The van der Waals surface area contributed by atoms with Gasteiger partial charge in [-0.2, -0.15) is 5.10 Å². The minimum Gasteiger partial charge on any atom is -0.353 e. The van der Waals surface area contributed by atoms with E-state index < -0.39 is 0 Å². The third-order valence-corrected chi connectivity index (χ3v) is 5.26. The predicted octanol–water partition coefficient (Wildman–Crippen LogP) is 2.64. The molecule has 3 N–H and O–H groups in total. The molecular weight excluding hydrogens is 342 g/mol. The number of hydrogen-bond acceptors (Lipinski definition) is 3. The number of rotatable bonds is 5. The van der Waals surface area contributed by atoms with Gasteiger partial charge in [0.05, 0.1) is 6.42 Å². The maximum atomic E-state index is 12.5. The summed E-state index contributed by atoms with van der Waals surface area (Å²) in [7, 11) is 0. The molecule has 142 valence electrons. The Bertz CT molecular complexity index is 775. The third-order valence-electron chi connectivity index (χ3n) is 5.26. The van der Waals surface area contributed by atoms with Crippen LogP contribution in [-0.4, -0.2) is 46.2 Å². The van der Waals surface area contributed by atoms with E-state index in [1.54, 1.807) is 6.20 Å². The average molecular weight is 367 g/mol. The lowest BCUT2D eigenvalue weighted by Crippen LogP contribution is -2.40. The first-order valence-electron chi connectivity index (χ1n) is 9.61. The van der Waals surface area contributed by atoms with Gasteiger partial charge in [-0.05, 0) is 49.4 Å². The van der Waals surface area contributed by atoms with E-state index in [4.69, 9.17) is 0 Å². The van der Waals surface area contributed by atoms with E-state index in [2.05, 4.69) is 20.8 Å². The van der Waals surface area contributed by atoms with Gasteiger partial charge in [-0.15, -0.1) is 0 Å². The Morgan fingerprint density at radius 2 is 1.81 bits per heavy atom. The maximum absolute atomic E-state index is 12.5. The van der Waals surface area contributed by atoms with Gasteiger partial charge in [-0.3, -0.25) is 9.89 Å². The molecule has 2 aliphatic rings. The van der Waals surface area contributed by atoms with Gasteiger partial charge in [0, 0.05) is 42.6 Å². The molecule has 4 rings (SSSR count). The molecular formula is C20H25N5O2. The van der Waals surface area contributed by atoms with Crippen molar-refractivity contribution in [3.05, 3.63) is 47.8 Å². The molecule has 2 aromatic rings. The fraction of sp³-hybridized carbons (Fsp3) is 0.450. The van der Waals surface area contributed by atoms with E-state index in [0.29, 0.717) is 18.4 Å². The molecule has 1 saturated heterocycles. The fourth-order valence-corrected chi connectivity index (χ4v) is 3.49. The van der Waals surface area contributed by atoms with Crippen LogP contribution in [-0.2, 0) is 11.2 Å². The van der Waals surface area contributed by atoms with Crippen molar-refractivity contribution >= 4 is 17.6 Å². The van der Waals surface area contributed by atoms with Crippen LogP contribution in [0.5, 0.6) is 0 Å². The SMILES string of the molecule is O=C(Cc1ccc(NC(=O)N2CCC(c3ccn[nH]3)CC2)cc1)NC1CC1. The van der Waals surface area contributed by atoms with E-state index in [-0.39, 0.29) is 11.9 Å². The molecule has 7 nitrogen and oxygen atoms in total. The number of anilines is 1. The van der Waals surface area contributed by atoms with Crippen LogP contribution < -0.4 is 10.6 Å². The van der Waals surface area contributed by atoms with Gasteiger partial charge in [-0.25, -0.2) is 4.79 Å². The Morgan fingerprint density at radius 3 is 2.44 bits per heavy atom. The van der Waals surface area contributed by atoms with Crippen molar-refractivity contribution in [2.75, 3.05) is 18.4 Å². The van der Waals surface area contributed by atoms with E-state index in [9.17, 15) is 9.59 Å². The zero-order valence-electron chi connectivity index (χ0n) is 15.3. The van der Waals surface area contributed by atoms with Crippen LogP contribution >= 0.6 is 0 Å². The molecule has 27 heavy (non-hydrogen) atoms. The van der Waals surface area contributed by atoms with Crippen molar-refractivity contribution in [1.29, 1.82) is 0 Å².